The maximum absolute atomic E-state index is 14.0. The number of nitrogens with one attached hydrogen (secondary N) is 2. The van der Waals surface area contributed by atoms with E-state index in [2.05, 4.69) is 10.6 Å². The minimum absolute atomic E-state index is 0.0231. The first-order valence-electron chi connectivity index (χ1n) is 16.3. The molecular weight excluding hydrogens is 638 g/mol. The number of amides is 5. The molecule has 5 amide bonds. The summed E-state index contributed by atoms with van der Waals surface area (Å²) in [5.74, 6) is -3.90. The van der Waals surface area contributed by atoms with Gasteiger partial charge in [-0.25, -0.2) is 4.79 Å². The zero-order chi connectivity index (χ0) is 35.0. The number of imide groups is 1. The lowest BCUT2D eigenvalue weighted by Gasteiger charge is -2.29. The van der Waals surface area contributed by atoms with Crippen molar-refractivity contribution in [1.29, 1.82) is 0 Å². The molecule has 0 spiro atoms. The molecule has 17 heteroatoms. The highest BCUT2D eigenvalue weighted by atomic mass is 16.7. The topological polar surface area (TPSA) is 201 Å². The summed E-state index contributed by atoms with van der Waals surface area (Å²) < 4.78 is 10.5. The number of rotatable bonds is 10. The van der Waals surface area contributed by atoms with Gasteiger partial charge in [-0.05, 0) is 58.7 Å². The maximum Gasteiger partial charge on any atom is 0.491 e. The highest BCUT2D eigenvalue weighted by Crippen LogP contribution is 2.24. The highest BCUT2D eigenvalue weighted by molar-refractivity contribution is 6.62. The van der Waals surface area contributed by atoms with E-state index < -0.39 is 67.9 Å². The molecule has 4 N–H and O–H groups in total. The van der Waals surface area contributed by atoms with Crippen LogP contribution in [-0.4, -0.2) is 94.4 Å². The van der Waals surface area contributed by atoms with Gasteiger partial charge < -0.3 is 39.7 Å². The molecule has 4 aliphatic rings. The lowest BCUT2D eigenvalue weighted by atomic mass is 9.78. The molecule has 4 heterocycles. The molecule has 0 unspecified atom stereocenters. The Kier molecular flexibility index (Phi) is 9.88. The van der Waals surface area contributed by atoms with Crippen LogP contribution in [-0.2, 0) is 46.5 Å². The highest BCUT2D eigenvalue weighted by Gasteiger charge is 2.43. The van der Waals surface area contributed by atoms with Gasteiger partial charge in [0.1, 0.15) is 6.04 Å². The molecule has 49 heavy (non-hydrogen) atoms. The van der Waals surface area contributed by atoms with Crippen LogP contribution in [0.5, 0.6) is 0 Å². The molecule has 2 aromatic carbocycles. The number of nitrogens with zero attached hydrogens (tertiary/aromatic N) is 2. The number of carbonyl (C=O) groups excluding carboxylic acids is 6. The Morgan fingerprint density at radius 3 is 2.16 bits per heavy atom. The number of fused-ring (bicyclic) bond motifs is 2. The number of hydroxylamine groups is 2. The molecule has 2 fully saturated rings. The van der Waals surface area contributed by atoms with Crippen LogP contribution in [0, 0.1) is 5.92 Å². The largest absolute Gasteiger partial charge is 0.491 e. The molecular formula is C32H36B2N4O11. The van der Waals surface area contributed by atoms with Crippen molar-refractivity contribution in [1.82, 2.24) is 20.6 Å². The van der Waals surface area contributed by atoms with Crippen molar-refractivity contribution >= 4 is 60.7 Å². The molecule has 4 atom stereocenters. The second kappa shape index (κ2) is 14.1. The number of hydrogen-bond donors (Lipinski definition) is 4. The van der Waals surface area contributed by atoms with Crippen LogP contribution < -0.4 is 21.6 Å². The molecule has 2 saturated heterocycles. The number of carbonyl (C=O) groups is 6. The Labute approximate surface area is 282 Å². The van der Waals surface area contributed by atoms with E-state index in [4.69, 9.17) is 14.1 Å². The fourth-order valence-corrected chi connectivity index (χ4v) is 6.49. The normalized spacial score (nSPS) is 21.1. The summed E-state index contributed by atoms with van der Waals surface area (Å²) in [6, 6.07) is 7.15. The Morgan fingerprint density at radius 1 is 0.959 bits per heavy atom. The summed E-state index contributed by atoms with van der Waals surface area (Å²) in [5, 5.41) is 26.5. The lowest BCUT2D eigenvalue weighted by molar-refractivity contribution is -0.198. The van der Waals surface area contributed by atoms with E-state index in [9.17, 15) is 38.8 Å². The third kappa shape index (κ3) is 7.10. The first kappa shape index (κ1) is 34.3. The lowest BCUT2D eigenvalue weighted by Crippen LogP contribution is -2.51. The minimum atomic E-state index is -1.19. The van der Waals surface area contributed by atoms with Gasteiger partial charge in [0.15, 0.2) is 0 Å². The van der Waals surface area contributed by atoms with Crippen molar-refractivity contribution in [2.24, 2.45) is 5.92 Å². The van der Waals surface area contributed by atoms with Crippen LogP contribution >= 0.6 is 0 Å². The third-order valence-corrected chi connectivity index (χ3v) is 9.57. The molecule has 0 aromatic heterocycles. The van der Waals surface area contributed by atoms with Gasteiger partial charge in [0, 0.05) is 42.6 Å². The first-order chi connectivity index (χ1) is 23.4. The second-order valence-electron chi connectivity index (χ2n) is 12.8. The smallest absolute Gasteiger partial charge is 0.423 e. The Hall–Kier alpha value is -4.57. The van der Waals surface area contributed by atoms with Crippen molar-refractivity contribution in [3.05, 3.63) is 58.7 Å². The summed E-state index contributed by atoms with van der Waals surface area (Å²) in [4.78, 5) is 84.4. The van der Waals surface area contributed by atoms with Crippen molar-refractivity contribution in [3.8, 4) is 0 Å². The van der Waals surface area contributed by atoms with E-state index in [1.165, 1.54) is 11.0 Å². The van der Waals surface area contributed by atoms with Crippen molar-refractivity contribution in [3.63, 3.8) is 0 Å². The molecule has 0 radical (unpaired) electrons. The van der Waals surface area contributed by atoms with Crippen LogP contribution in [0.4, 0.5) is 0 Å². The monoisotopic (exact) mass is 674 g/mol. The molecule has 6 rings (SSSR count). The van der Waals surface area contributed by atoms with Crippen molar-refractivity contribution < 1.29 is 53.0 Å². The van der Waals surface area contributed by atoms with Gasteiger partial charge in [-0.3, -0.25) is 24.0 Å². The third-order valence-electron chi connectivity index (χ3n) is 9.57. The van der Waals surface area contributed by atoms with E-state index in [-0.39, 0.29) is 62.5 Å². The minimum Gasteiger partial charge on any atom is -0.423 e. The molecule has 0 aliphatic carbocycles. The van der Waals surface area contributed by atoms with E-state index in [1.807, 2.05) is 13.8 Å². The molecule has 4 aliphatic heterocycles. The van der Waals surface area contributed by atoms with Crippen molar-refractivity contribution in [2.45, 2.75) is 77.3 Å². The summed E-state index contributed by atoms with van der Waals surface area (Å²) in [5.41, 5.74) is 2.92. The fourth-order valence-electron chi connectivity index (χ4n) is 6.49. The standard InChI is InChI=1S/C32H36B2N4O11/c1-3-17(2)25(13-29(41)49-38-27(39)8-9-28(38)40)36-31(43)26-12-22(35-30(42)18-4-6-20-15-47-33(45)23(20)10-18)14-37(26)32(44)19-5-7-21-16-48-34(46)24(21)11-19/h4-7,10-11,17,22,25-26,45-46H,3,8-9,12-16H2,1-2H3,(H,35,42)(H,36,43)/t17-,22+,25+,26-/m0/s1. The van der Waals surface area contributed by atoms with Crippen LogP contribution in [0.25, 0.3) is 0 Å². The maximum atomic E-state index is 14.0. The van der Waals surface area contributed by atoms with Gasteiger partial charge in [-0.2, -0.15) is 0 Å². The number of hydrogen-bond acceptors (Lipinski definition) is 11. The SMILES string of the molecule is CC[C@H](C)[C@@H](CC(=O)ON1C(=O)CCC1=O)NC(=O)[C@@H]1C[C@@H](NC(=O)c2ccc3c(c2)B(O)OC3)CN1C(=O)c1ccc2c(c1)B(O)OC2. The average Bonchev–Trinajstić information content (AvgIpc) is 3.86. The Bertz CT molecular complexity index is 1690. The number of benzene rings is 2. The molecule has 2 aromatic rings. The zero-order valence-corrected chi connectivity index (χ0v) is 27.0. The summed E-state index contributed by atoms with van der Waals surface area (Å²) in [7, 11) is -2.33. The zero-order valence-electron chi connectivity index (χ0n) is 27.0. The van der Waals surface area contributed by atoms with E-state index in [1.54, 1.807) is 30.3 Å². The van der Waals surface area contributed by atoms with Gasteiger partial charge in [0.2, 0.25) is 5.91 Å². The van der Waals surface area contributed by atoms with Gasteiger partial charge >= 0.3 is 20.2 Å². The predicted molar refractivity (Wildman–Crippen MR) is 172 cm³/mol. The van der Waals surface area contributed by atoms with Gasteiger partial charge in [0.05, 0.1) is 19.6 Å². The summed E-state index contributed by atoms with van der Waals surface area (Å²) in [6.07, 6.45) is 0.159. The van der Waals surface area contributed by atoms with Crippen LogP contribution in [0.3, 0.4) is 0 Å². The Morgan fingerprint density at radius 2 is 1.55 bits per heavy atom. The van der Waals surface area contributed by atoms with Gasteiger partial charge in [0.25, 0.3) is 23.6 Å². The summed E-state index contributed by atoms with van der Waals surface area (Å²) >= 11 is 0. The molecule has 256 valence electrons. The fraction of sp³-hybridized carbons (Fsp3) is 0.438. The second-order valence-corrected chi connectivity index (χ2v) is 12.8. The average molecular weight is 674 g/mol. The number of likely N-dealkylation sites (tertiary alicyclic amines) is 1. The Balaban J connectivity index is 1.21. The van der Waals surface area contributed by atoms with E-state index in [0.717, 1.165) is 11.1 Å². The molecule has 15 nitrogen and oxygen atoms in total. The van der Waals surface area contributed by atoms with Gasteiger partial charge in [-0.1, -0.05) is 32.4 Å². The quantitative estimate of drug-likeness (QED) is 0.172. The van der Waals surface area contributed by atoms with Crippen LogP contribution in [0.1, 0.15) is 77.8 Å². The van der Waals surface area contributed by atoms with E-state index >= 15 is 0 Å². The first-order valence-corrected chi connectivity index (χ1v) is 16.3. The molecule has 0 bridgehead atoms. The van der Waals surface area contributed by atoms with Crippen LogP contribution in [0.15, 0.2) is 36.4 Å². The van der Waals surface area contributed by atoms with Crippen LogP contribution in [0.2, 0.25) is 0 Å². The predicted octanol–water partition coefficient (Wildman–Crippen LogP) is -1.34. The molecule has 0 saturated carbocycles. The van der Waals surface area contributed by atoms with Gasteiger partial charge in [-0.15, -0.1) is 5.06 Å². The summed E-state index contributed by atoms with van der Waals surface area (Å²) in [6.45, 7) is 4.09. The van der Waals surface area contributed by atoms with Crippen molar-refractivity contribution in [2.75, 3.05) is 6.54 Å². The van der Waals surface area contributed by atoms with E-state index in [0.29, 0.717) is 22.4 Å².